The molecule has 1 fully saturated rings. The molecular formula is C22H25N4O3+. The zero-order valence-electron chi connectivity index (χ0n) is 16.3. The lowest BCUT2D eigenvalue weighted by molar-refractivity contribution is -0.896. The molecule has 2 aromatic heterocycles. The van der Waals surface area contributed by atoms with Gasteiger partial charge >= 0.3 is 0 Å². The molecule has 2 aliphatic heterocycles. The van der Waals surface area contributed by atoms with Gasteiger partial charge < -0.3 is 24.1 Å². The van der Waals surface area contributed by atoms with Crippen LogP contribution in [-0.4, -0.2) is 65.9 Å². The highest BCUT2D eigenvalue weighted by Crippen LogP contribution is 2.27. The Labute approximate surface area is 168 Å². The average molecular weight is 393 g/mol. The van der Waals surface area contributed by atoms with Crippen LogP contribution in [0.2, 0.25) is 0 Å². The summed E-state index contributed by atoms with van der Waals surface area (Å²) in [5.74, 6) is 0.511. The quantitative estimate of drug-likeness (QED) is 0.688. The van der Waals surface area contributed by atoms with Gasteiger partial charge in [-0.05, 0) is 18.2 Å². The van der Waals surface area contributed by atoms with Crippen molar-refractivity contribution >= 4 is 22.7 Å². The topological polar surface area (TPSA) is 74.0 Å². The standard InChI is InChI=1S/C22H24N4O3/c27-21(15-24-9-11-25(12-10-24)22(28)20-6-3-13-29-20)26-8-7-19-17(14-26)16-4-1-2-5-18(16)23-19/h1-6,13,23H,7-12,14-15H2/p+1. The molecular weight excluding hydrogens is 368 g/mol. The number of hydrogen-bond acceptors (Lipinski definition) is 3. The van der Waals surface area contributed by atoms with Gasteiger partial charge in [0, 0.05) is 41.7 Å². The van der Waals surface area contributed by atoms with Gasteiger partial charge in [0.05, 0.1) is 32.4 Å². The molecule has 0 unspecified atom stereocenters. The van der Waals surface area contributed by atoms with Gasteiger partial charge in [0.15, 0.2) is 12.3 Å². The van der Waals surface area contributed by atoms with E-state index >= 15 is 0 Å². The molecule has 2 aliphatic rings. The minimum absolute atomic E-state index is 0.0664. The van der Waals surface area contributed by atoms with Crippen LogP contribution in [-0.2, 0) is 17.8 Å². The first-order valence-corrected chi connectivity index (χ1v) is 10.2. The number of para-hydroxylation sites is 1. The second-order valence-corrected chi connectivity index (χ2v) is 7.89. The normalized spacial score (nSPS) is 17.5. The Hall–Kier alpha value is -3.06. The van der Waals surface area contributed by atoms with E-state index in [1.54, 1.807) is 12.1 Å². The van der Waals surface area contributed by atoms with E-state index in [2.05, 4.69) is 17.1 Å². The number of aromatic amines is 1. The number of amides is 2. The van der Waals surface area contributed by atoms with Gasteiger partial charge in [-0.2, -0.15) is 0 Å². The van der Waals surface area contributed by atoms with Crippen LogP contribution in [0, 0.1) is 0 Å². The largest absolute Gasteiger partial charge is 0.459 e. The van der Waals surface area contributed by atoms with Crippen molar-refractivity contribution in [1.82, 2.24) is 14.8 Å². The van der Waals surface area contributed by atoms with Gasteiger partial charge in [0.2, 0.25) is 0 Å². The number of nitrogens with zero attached hydrogens (tertiary/aromatic N) is 2. The first-order chi connectivity index (χ1) is 14.2. The third kappa shape index (κ3) is 3.42. The molecule has 0 saturated carbocycles. The molecule has 3 aromatic rings. The maximum absolute atomic E-state index is 12.9. The summed E-state index contributed by atoms with van der Waals surface area (Å²) in [6.45, 7) is 4.78. The zero-order valence-corrected chi connectivity index (χ0v) is 16.3. The Morgan fingerprint density at radius 2 is 1.86 bits per heavy atom. The maximum atomic E-state index is 12.9. The molecule has 29 heavy (non-hydrogen) atoms. The predicted octanol–water partition coefficient (Wildman–Crippen LogP) is 0.687. The maximum Gasteiger partial charge on any atom is 0.289 e. The molecule has 2 amide bonds. The highest BCUT2D eigenvalue weighted by Gasteiger charge is 2.30. The molecule has 7 nitrogen and oxygen atoms in total. The number of hydrogen-bond donors (Lipinski definition) is 2. The monoisotopic (exact) mass is 393 g/mol. The average Bonchev–Trinajstić information content (AvgIpc) is 3.41. The third-order valence-corrected chi connectivity index (χ3v) is 6.13. The summed E-state index contributed by atoms with van der Waals surface area (Å²) in [5, 5.41) is 1.22. The molecule has 0 radical (unpaired) electrons. The molecule has 150 valence electrons. The number of rotatable bonds is 3. The fourth-order valence-corrected chi connectivity index (χ4v) is 4.46. The number of fused-ring (bicyclic) bond motifs is 3. The SMILES string of the molecule is O=C(C[NH+]1CCN(C(=O)c2ccco2)CC1)N1CCc2[nH]c3ccccc3c2C1. The Morgan fingerprint density at radius 1 is 1.03 bits per heavy atom. The second kappa shape index (κ2) is 7.40. The van der Waals surface area contributed by atoms with E-state index in [-0.39, 0.29) is 11.8 Å². The highest BCUT2D eigenvalue weighted by atomic mass is 16.3. The smallest absolute Gasteiger partial charge is 0.289 e. The molecule has 0 aliphatic carbocycles. The second-order valence-electron chi connectivity index (χ2n) is 7.89. The number of H-pyrrole nitrogens is 1. The number of nitrogens with one attached hydrogen (secondary N) is 2. The van der Waals surface area contributed by atoms with Crippen molar-refractivity contribution in [3.05, 3.63) is 59.7 Å². The summed E-state index contributed by atoms with van der Waals surface area (Å²) < 4.78 is 5.21. The summed E-state index contributed by atoms with van der Waals surface area (Å²) in [6, 6.07) is 11.7. The van der Waals surface area contributed by atoms with Crippen molar-refractivity contribution < 1.29 is 18.9 Å². The van der Waals surface area contributed by atoms with Gasteiger partial charge in [-0.25, -0.2) is 0 Å². The summed E-state index contributed by atoms with van der Waals surface area (Å²) in [7, 11) is 0. The van der Waals surface area contributed by atoms with Crippen LogP contribution in [0.5, 0.6) is 0 Å². The fourth-order valence-electron chi connectivity index (χ4n) is 4.46. The van der Waals surface area contributed by atoms with Crippen LogP contribution < -0.4 is 4.90 Å². The van der Waals surface area contributed by atoms with E-state index in [1.165, 1.54) is 27.8 Å². The highest BCUT2D eigenvalue weighted by molar-refractivity contribution is 5.91. The van der Waals surface area contributed by atoms with Crippen molar-refractivity contribution in [3.8, 4) is 0 Å². The Balaban J connectivity index is 1.18. The van der Waals surface area contributed by atoms with Gasteiger partial charge in [-0.3, -0.25) is 9.59 Å². The number of piperazine rings is 1. The van der Waals surface area contributed by atoms with Crippen molar-refractivity contribution in [2.45, 2.75) is 13.0 Å². The summed E-state index contributed by atoms with van der Waals surface area (Å²) in [5.41, 5.74) is 3.66. The molecule has 4 heterocycles. The van der Waals surface area contributed by atoms with E-state index in [4.69, 9.17) is 4.42 Å². The van der Waals surface area contributed by atoms with Crippen LogP contribution in [0.1, 0.15) is 21.8 Å². The van der Waals surface area contributed by atoms with Crippen LogP contribution in [0.15, 0.2) is 47.1 Å². The molecule has 0 bridgehead atoms. The number of carbonyl (C=O) groups is 2. The molecule has 1 saturated heterocycles. The van der Waals surface area contributed by atoms with Crippen molar-refractivity contribution in [2.75, 3.05) is 39.3 Å². The Morgan fingerprint density at radius 3 is 2.66 bits per heavy atom. The van der Waals surface area contributed by atoms with Crippen LogP contribution in [0.4, 0.5) is 0 Å². The molecule has 7 heteroatoms. The third-order valence-electron chi connectivity index (χ3n) is 6.13. The number of carbonyl (C=O) groups excluding carboxylic acids is 2. The predicted molar refractivity (Wildman–Crippen MR) is 108 cm³/mol. The summed E-state index contributed by atoms with van der Waals surface area (Å²) in [6.07, 6.45) is 2.39. The van der Waals surface area contributed by atoms with E-state index in [9.17, 15) is 9.59 Å². The van der Waals surface area contributed by atoms with Crippen LogP contribution in [0.25, 0.3) is 10.9 Å². The summed E-state index contributed by atoms with van der Waals surface area (Å²) >= 11 is 0. The van der Waals surface area contributed by atoms with E-state index in [0.717, 1.165) is 31.6 Å². The lowest BCUT2D eigenvalue weighted by Gasteiger charge is -2.33. The number of aromatic nitrogens is 1. The molecule has 2 N–H and O–H groups in total. The fraction of sp³-hybridized carbons (Fsp3) is 0.364. The Kier molecular flexibility index (Phi) is 4.60. The molecule has 1 aromatic carbocycles. The molecule has 0 spiro atoms. The van der Waals surface area contributed by atoms with E-state index in [0.29, 0.717) is 31.9 Å². The minimum Gasteiger partial charge on any atom is -0.459 e. The number of quaternary nitrogens is 1. The number of benzene rings is 1. The van der Waals surface area contributed by atoms with Crippen molar-refractivity contribution in [2.24, 2.45) is 0 Å². The minimum atomic E-state index is -0.0664. The molecule has 0 atom stereocenters. The Bertz CT molecular complexity index is 1030. The first kappa shape index (κ1) is 18.0. The van der Waals surface area contributed by atoms with Gasteiger partial charge in [-0.1, -0.05) is 18.2 Å². The van der Waals surface area contributed by atoms with E-state index < -0.39 is 0 Å². The van der Waals surface area contributed by atoms with Crippen molar-refractivity contribution in [3.63, 3.8) is 0 Å². The van der Waals surface area contributed by atoms with Crippen LogP contribution >= 0.6 is 0 Å². The van der Waals surface area contributed by atoms with Gasteiger partial charge in [-0.15, -0.1) is 0 Å². The van der Waals surface area contributed by atoms with Crippen LogP contribution in [0.3, 0.4) is 0 Å². The van der Waals surface area contributed by atoms with Crippen molar-refractivity contribution in [1.29, 1.82) is 0 Å². The zero-order chi connectivity index (χ0) is 19.8. The summed E-state index contributed by atoms with van der Waals surface area (Å²) in [4.78, 5) is 33.8. The van der Waals surface area contributed by atoms with Gasteiger partial charge in [0.1, 0.15) is 0 Å². The lowest BCUT2D eigenvalue weighted by atomic mass is 10.0. The van der Waals surface area contributed by atoms with Gasteiger partial charge in [0.25, 0.3) is 11.8 Å². The lowest BCUT2D eigenvalue weighted by Crippen LogP contribution is -3.15. The first-order valence-electron chi connectivity index (χ1n) is 10.2. The molecule has 5 rings (SSSR count). The van der Waals surface area contributed by atoms with E-state index in [1.807, 2.05) is 21.9 Å². The number of furan rings is 1.